The van der Waals surface area contributed by atoms with Gasteiger partial charge in [0.05, 0.1) is 17.6 Å². The number of aldehydes is 1. The minimum atomic E-state index is -0.533. The van der Waals surface area contributed by atoms with Crippen molar-refractivity contribution in [1.29, 1.82) is 0 Å². The van der Waals surface area contributed by atoms with Crippen LogP contribution in [0.4, 0.5) is 5.82 Å². The van der Waals surface area contributed by atoms with Gasteiger partial charge in [-0.05, 0) is 12.1 Å². The van der Waals surface area contributed by atoms with Gasteiger partial charge in [0.15, 0.2) is 11.9 Å². The number of hydrogen-bond donors (Lipinski definition) is 2. The number of aromatic nitrogens is 3. The van der Waals surface area contributed by atoms with Crippen LogP contribution in [0.15, 0.2) is 40.1 Å². The van der Waals surface area contributed by atoms with E-state index in [0.717, 1.165) is 0 Å². The predicted octanol–water partition coefficient (Wildman–Crippen LogP) is 1.57. The van der Waals surface area contributed by atoms with Gasteiger partial charge in [-0.15, -0.1) is 6.58 Å². The standard InChI is InChI=1S/C14H12N4O3/c1-2-5-18-13(15)9(7-19)12(17-18)8-3-4-10-11(6-8)21-14(20)16-10/h2-4,6-7H,1,5,15H2,(H,16,20). The summed E-state index contributed by atoms with van der Waals surface area (Å²) in [5, 5.41) is 4.31. The van der Waals surface area contributed by atoms with Crippen LogP contribution < -0.4 is 11.5 Å². The first-order valence-electron chi connectivity index (χ1n) is 6.19. The van der Waals surface area contributed by atoms with Crippen molar-refractivity contribution in [2.24, 2.45) is 0 Å². The van der Waals surface area contributed by atoms with Crippen molar-refractivity contribution in [3.8, 4) is 11.3 Å². The Kier molecular flexibility index (Phi) is 2.94. The molecule has 0 radical (unpaired) electrons. The summed E-state index contributed by atoms with van der Waals surface area (Å²) in [4.78, 5) is 25.0. The van der Waals surface area contributed by atoms with E-state index in [2.05, 4.69) is 16.7 Å². The second-order valence-electron chi connectivity index (χ2n) is 4.46. The number of benzene rings is 1. The maximum absolute atomic E-state index is 11.3. The van der Waals surface area contributed by atoms with E-state index in [1.54, 1.807) is 24.3 Å². The van der Waals surface area contributed by atoms with E-state index in [1.165, 1.54) is 4.68 Å². The predicted molar refractivity (Wildman–Crippen MR) is 78.1 cm³/mol. The summed E-state index contributed by atoms with van der Waals surface area (Å²) in [6, 6.07) is 5.06. The molecule has 0 amide bonds. The lowest BCUT2D eigenvalue weighted by Gasteiger charge is -1.97. The number of nitrogens with zero attached hydrogens (tertiary/aromatic N) is 2. The smallest absolute Gasteiger partial charge is 0.408 e. The summed E-state index contributed by atoms with van der Waals surface area (Å²) in [5.74, 6) is -0.259. The van der Waals surface area contributed by atoms with Crippen LogP contribution >= 0.6 is 0 Å². The molecule has 0 unspecified atom stereocenters. The monoisotopic (exact) mass is 284 g/mol. The van der Waals surface area contributed by atoms with Crippen LogP contribution in [0, 0.1) is 0 Å². The Morgan fingerprint density at radius 3 is 3.00 bits per heavy atom. The number of fused-ring (bicyclic) bond motifs is 1. The topological polar surface area (TPSA) is 107 Å². The molecule has 0 saturated heterocycles. The fourth-order valence-corrected chi connectivity index (χ4v) is 2.17. The number of allylic oxidation sites excluding steroid dienone is 1. The molecule has 0 aliphatic heterocycles. The number of carbonyl (C=O) groups is 1. The first kappa shape index (κ1) is 12.9. The first-order chi connectivity index (χ1) is 10.1. The second kappa shape index (κ2) is 4.78. The summed E-state index contributed by atoms with van der Waals surface area (Å²) < 4.78 is 6.50. The maximum atomic E-state index is 11.3. The van der Waals surface area contributed by atoms with Gasteiger partial charge in [-0.2, -0.15) is 5.10 Å². The molecular formula is C14H12N4O3. The van der Waals surface area contributed by atoms with E-state index in [4.69, 9.17) is 10.2 Å². The summed E-state index contributed by atoms with van der Waals surface area (Å²) >= 11 is 0. The number of nitrogens with two attached hydrogens (primary N) is 1. The van der Waals surface area contributed by atoms with Gasteiger partial charge in [-0.3, -0.25) is 9.78 Å². The molecule has 1 aromatic carbocycles. The van der Waals surface area contributed by atoms with E-state index in [0.29, 0.717) is 40.8 Å². The number of carbonyl (C=O) groups excluding carboxylic acids is 1. The van der Waals surface area contributed by atoms with Gasteiger partial charge >= 0.3 is 5.76 Å². The Morgan fingerprint density at radius 2 is 2.29 bits per heavy atom. The highest BCUT2D eigenvalue weighted by Crippen LogP contribution is 2.28. The van der Waals surface area contributed by atoms with Crippen molar-refractivity contribution < 1.29 is 9.21 Å². The fraction of sp³-hybridized carbons (Fsp3) is 0.0714. The maximum Gasteiger partial charge on any atom is 0.417 e. The van der Waals surface area contributed by atoms with Crippen molar-refractivity contribution in [3.63, 3.8) is 0 Å². The molecule has 2 heterocycles. The molecule has 3 aromatic rings. The zero-order valence-corrected chi connectivity index (χ0v) is 11.0. The van der Waals surface area contributed by atoms with Crippen LogP contribution in [-0.2, 0) is 6.54 Å². The van der Waals surface area contributed by atoms with Crippen molar-refractivity contribution in [1.82, 2.24) is 14.8 Å². The molecule has 0 atom stereocenters. The summed E-state index contributed by atoms with van der Waals surface area (Å²) in [7, 11) is 0. The Balaban J connectivity index is 2.21. The van der Waals surface area contributed by atoms with Crippen LogP contribution in [0.3, 0.4) is 0 Å². The Labute approximate surface area is 118 Å². The molecule has 106 valence electrons. The van der Waals surface area contributed by atoms with Crippen LogP contribution in [0.25, 0.3) is 22.4 Å². The molecule has 3 rings (SSSR count). The normalized spacial score (nSPS) is 10.9. The molecule has 0 aliphatic rings. The number of nitrogens with one attached hydrogen (secondary N) is 1. The lowest BCUT2D eigenvalue weighted by molar-refractivity contribution is 0.112. The van der Waals surface area contributed by atoms with Crippen LogP contribution in [-0.4, -0.2) is 21.1 Å². The third-order valence-corrected chi connectivity index (χ3v) is 3.14. The van der Waals surface area contributed by atoms with Gasteiger partial charge in [-0.1, -0.05) is 12.1 Å². The van der Waals surface area contributed by atoms with E-state index in [1.807, 2.05) is 0 Å². The largest absolute Gasteiger partial charge is 0.417 e. The molecule has 7 nitrogen and oxygen atoms in total. The molecule has 7 heteroatoms. The van der Waals surface area contributed by atoms with Gasteiger partial charge in [0.2, 0.25) is 0 Å². The molecule has 0 fully saturated rings. The van der Waals surface area contributed by atoms with Crippen LogP contribution in [0.1, 0.15) is 10.4 Å². The van der Waals surface area contributed by atoms with E-state index >= 15 is 0 Å². The number of H-pyrrole nitrogens is 1. The Hall–Kier alpha value is -3.09. The molecule has 0 aliphatic carbocycles. The number of anilines is 1. The fourth-order valence-electron chi connectivity index (χ4n) is 2.17. The SMILES string of the molecule is C=CCn1nc(-c2ccc3[nH]c(=O)oc3c2)c(C=O)c1N. The minimum Gasteiger partial charge on any atom is -0.408 e. The summed E-state index contributed by atoms with van der Waals surface area (Å²) in [6.07, 6.45) is 2.30. The Bertz CT molecular complexity index is 901. The highest BCUT2D eigenvalue weighted by Gasteiger charge is 2.17. The number of aromatic amines is 1. The van der Waals surface area contributed by atoms with Crippen molar-refractivity contribution in [3.05, 3.63) is 47.0 Å². The second-order valence-corrected chi connectivity index (χ2v) is 4.46. The van der Waals surface area contributed by atoms with E-state index < -0.39 is 5.76 Å². The lowest BCUT2D eigenvalue weighted by atomic mass is 10.1. The Morgan fingerprint density at radius 1 is 1.48 bits per heavy atom. The first-order valence-corrected chi connectivity index (χ1v) is 6.19. The third kappa shape index (κ3) is 2.04. The third-order valence-electron chi connectivity index (χ3n) is 3.14. The lowest BCUT2D eigenvalue weighted by Crippen LogP contribution is -2.03. The molecule has 0 saturated carbocycles. The summed E-state index contributed by atoms with van der Waals surface area (Å²) in [5.41, 5.74) is 8.25. The van der Waals surface area contributed by atoms with E-state index in [-0.39, 0.29) is 5.82 Å². The summed E-state index contributed by atoms with van der Waals surface area (Å²) in [6.45, 7) is 4.02. The van der Waals surface area contributed by atoms with Gasteiger partial charge in [0.25, 0.3) is 0 Å². The molecule has 0 spiro atoms. The molecular weight excluding hydrogens is 272 g/mol. The van der Waals surface area contributed by atoms with Gasteiger partial charge < -0.3 is 10.2 Å². The van der Waals surface area contributed by atoms with Crippen LogP contribution in [0.2, 0.25) is 0 Å². The van der Waals surface area contributed by atoms with Crippen molar-refractivity contribution in [2.45, 2.75) is 6.54 Å². The average Bonchev–Trinajstić information content (AvgIpc) is 2.98. The molecule has 2 aromatic heterocycles. The quantitative estimate of drug-likeness (QED) is 0.558. The van der Waals surface area contributed by atoms with Gasteiger partial charge in [-0.25, -0.2) is 9.48 Å². The highest BCUT2D eigenvalue weighted by atomic mass is 16.4. The molecule has 21 heavy (non-hydrogen) atoms. The minimum absolute atomic E-state index is 0.274. The van der Waals surface area contributed by atoms with Crippen molar-refractivity contribution in [2.75, 3.05) is 5.73 Å². The van der Waals surface area contributed by atoms with E-state index in [9.17, 15) is 9.59 Å². The number of rotatable bonds is 4. The van der Waals surface area contributed by atoms with Gasteiger partial charge in [0, 0.05) is 5.56 Å². The van der Waals surface area contributed by atoms with Gasteiger partial charge in [0.1, 0.15) is 11.5 Å². The van der Waals surface area contributed by atoms with Crippen molar-refractivity contribution >= 4 is 23.2 Å². The zero-order chi connectivity index (χ0) is 15.0. The average molecular weight is 284 g/mol. The number of oxazole rings is 1. The molecule has 3 N–H and O–H groups in total. The highest BCUT2D eigenvalue weighted by molar-refractivity contribution is 5.93. The zero-order valence-electron chi connectivity index (χ0n) is 11.0. The molecule has 0 bridgehead atoms. The number of hydrogen-bond acceptors (Lipinski definition) is 5. The van der Waals surface area contributed by atoms with Crippen LogP contribution in [0.5, 0.6) is 0 Å². The number of nitrogen functional groups attached to an aromatic ring is 1.